The van der Waals surface area contributed by atoms with Crippen LogP contribution in [0.5, 0.6) is 0 Å². The van der Waals surface area contributed by atoms with Gasteiger partial charge in [-0.05, 0) is 11.6 Å². The minimum Gasteiger partial charge on any atom is -0.346 e. The first-order chi connectivity index (χ1) is 8.42. The smallest absolute Gasteiger partial charge is 0.173 e. The van der Waals surface area contributed by atoms with Crippen LogP contribution in [-0.4, -0.2) is 26.9 Å². The van der Waals surface area contributed by atoms with Gasteiger partial charge in [-0.2, -0.15) is 0 Å². The second-order valence-corrected chi connectivity index (χ2v) is 3.81. The SMILES string of the molecule is C1=Nc2nc[nH]c2CC1=NCc1cccnc1. The summed E-state index contributed by atoms with van der Waals surface area (Å²) in [6.45, 7) is 0.638. The topological polar surface area (TPSA) is 66.3 Å². The van der Waals surface area contributed by atoms with Gasteiger partial charge in [0.2, 0.25) is 0 Å². The Hall–Kier alpha value is -2.30. The van der Waals surface area contributed by atoms with Crippen LogP contribution in [0.1, 0.15) is 11.3 Å². The predicted molar refractivity (Wildman–Crippen MR) is 65.8 cm³/mol. The van der Waals surface area contributed by atoms with Crippen LogP contribution in [0.25, 0.3) is 0 Å². The van der Waals surface area contributed by atoms with E-state index >= 15 is 0 Å². The fourth-order valence-electron chi connectivity index (χ4n) is 1.70. The van der Waals surface area contributed by atoms with E-state index in [9.17, 15) is 0 Å². The molecule has 1 aliphatic rings. The molecule has 5 nitrogen and oxygen atoms in total. The van der Waals surface area contributed by atoms with Gasteiger partial charge in [-0.25, -0.2) is 9.98 Å². The highest BCUT2D eigenvalue weighted by Crippen LogP contribution is 2.17. The zero-order chi connectivity index (χ0) is 11.5. The Morgan fingerprint density at radius 2 is 2.41 bits per heavy atom. The Labute approximate surface area is 98.4 Å². The number of pyridine rings is 1. The van der Waals surface area contributed by atoms with Crippen LogP contribution in [0.15, 0.2) is 40.8 Å². The van der Waals surface area contributed by atoms with Crippen LogP contribution >= 0.6 is 0 Å². The lowest BCUT2D eigenvalue weighted by molar-refractivity contribution is 1.03. The summed E-state index contributed by atoms with van der Waals surface area (Å²) in [5.74, 6) is 0.769. The number of aliphatic imine (C=N–C) groups is 2. The monoisotopic (exact) mass is 225 g/mol. The fourth-order valence-corrected chi connectivity index (χ4v) is 1.70. The van der Waals surface area contributed by atoms with Gasteiger partial charge in [0.1, 0.15) is 0 Å². The highest BCUT2D eigenvalue weighted by atomic mass is 15.0. The molecule has 2 aromatic rings. The Bertz CT molecular complexity index is 568. The fraction of sp³-hybridized carbons (Fsp3) is 0.167. The van der Waals surface area contributed by atoms with Crippen molar-refractivity contribution >= 4 is 17.7 Å². The average Bonchev–Trinajstić information content (AvgIpc) is 2.85. The van der Waals surface area contributed by atoms with E-state index in [2.05, 4.69) is 24.9 Å². The number of aromatic amines is 1. The van der Waals surface area contributed by atoms with Gasteiger partial charge in [-0.1, -0.05) is 6.07 Å². The second kappa shape index (κ2) is 4.29. The lowest BCUT2D eigenvalue weighted by Crippen LogP contribution is -2.09. The lowest BCUT2D eigenvalue weighted by atomic mass is 10.2. The molecule has 3 rings (SSSR count). The van der Waals surface area contributed by atoms with Crippen LogP contribution in [-0.2, 0) is 13.0 Å². The zero-order valence-corrected chi connectivity index (χ0v) is 9.17. The summed E-state index contributed by atoms with van der Waals surface area (Å²) in [6.07, 6.45) is 7.78. The van der Waals surface area contributed by atoms with E-state index in [1.807, 2.05) is 18.3 Å². The number of H-pyrrole nitrogens is 1. The van der Waals surface area contributed by atoms with Crippen molar-refractivity contribution in [3.8, 4) is 0 Å². The zero-order valence-electron chi connectivity index (χ0n) is 9.17. The normalized spacial score (nSPS) is 16.1. The van der Waals surface area contributed by atoms with Gasteiger partial charge in [-0.3, -0.25) is 9.98 Å². The highest BCUT2D eigenvalue weighted by Gasteiger charge is 2.11. The molecular formula is C12H11N5. The molecule has 1 N–H and O–H groups in total. The van der Waals surface area contributed by atoms with Crippen molar-refractivity contribution in [3.63, 3.8) is 0 Å². The van der Waals surface area contributed by atoms with Crippen molar-refractivity contribution in [2.45, 2.75) is 13.0 Å². The first-order valence-electron chi connectivity index (χ1n) is 5.40. The molecular weight excluding hydrogens is 214 g/mol. The van der Waals surface area contributed by atoms with Crippen LogP contribution in [0.2, 0.25) is 0 Å². The summed E-state index contributed by atoms with van der Waals surface area (Å²) < 4.78 is 0. The molecule has 2 aromatic heterocycles. The summed E-state index contributed by atoms with van der Waals surface area (Å²) in [7, 11) is 0. The third-order valence-corrected chi connectivity index (χ3v) is 2.58. The molecule has 0 saturated carbocycles. The van der Waals surface area contributed by atoms with Crippen LogP contribution in [0, 0.1) is 0 Å². The maximum absolute atomic E-state index is 4.51. The number of imidazole rings is 1. The van der Waals surface area contributed by atoms with Gasteiger partial charge in [-0.15, -0.1) is 0 Å². The maximum atomic E-state index is 4.51. The van der Waals surface area contributed by atoms with Crippen LogP contribution in [0.3, 0.4) is 0 Å². The molecule has 3 heterocycles. The number of aromatic nitrogens is 3. The van der Waals surface area contributed by atoms with E-state index in [1.54, 1.807) is 18.7 Å². The Morgan fingerprint density at radius 3 is 3.29 bits per heavy atom. The quantitative estimate of drug-likeness (QED) is 0.845. The molecule has 0 unspecified atom stereocenters. The first kappa shape index (κ1) is 9.89. The Kier molecular flexibility index (Phi) is 2.50. The number of rotatable bonds is 2. The summed E-state index contributed by atoms with van der Waals surface area (Å²) >= 11 is 0. The van der Waals surface area contributed by atoms with Crippen molar-refractivity contribution in [2.24, 2.45) is 9.98 Å². The second-order valence-electron chi connectivity index (χ2n) is 3.81. The number of hydrogen-bond donors (Lipinski definition) is 1. The van der Waals surface area contributed by atoms with Crippen molar-refractivity contribution < 1.29 is 0 Å². The average molecular weight is 225 g/mol. The van der Waals surface area contributed by atoms with Crippen molar-refractivity contribution in [3.05, 3.63) is 42.1 Å². The van der Waals surface area contributed by atoms with Gasteiger partial charge >= 0.3 is 0 Å². The summed E-state index contributed by atoms with van der Waals surface area (Å²) in [5, 5.41) is 0. The molecule has 0 spiro atoms. The van der Waals surface area contributed by atoms with E-state index in [0.717, 1.165) is 29.2 Å². The number of nitrogens with zero attached hydrogens (tertiary/aromatic N) is 4. The standard InChI is InChI=1S/C12H11N5/c1-2-9(5-13-3-1)6-14-10-4-11-12(15-7-10)17-8-16-11/h1-3,5,7-8H,4,6H2,(H,16,17). The van der Waals surface area contributed by atoms with E-state index in [4.69, 9.17) is 0 Å². The highest BCUT2D eigenvalue weighted by molar-refractivity contribution is 6.32. The molecule has 5 heteroatoms. The van der Waals surface area contributed by atoms with E-state index in [1.165, 1.54) is 0 Å². The largest absolute Gasteiger partial charge is 0.346 e. The maximum Gasteiger partial charge on any atom is 0.173 e. The lowest BCUT2D eigenvalue weighted by Gasteiger charge is -2.05. The summed E-state index contributed by atoms with van der Waals surface area (Å²) in [4.78, 5) is 20.0. The van der Waals surface area contributed by atoms with Gasteiger partial charge < -0.3 is 4.98 Å². The van der Waals surface area contributed by atoms with Crippen molar-refractivity contribution in [2.75, 3.05) is 0 Å². The van der Waals surface area contributed by atoms with Gasteiger partial charge in [0, 0.05) is 18.8 Å². The first-order valence-corrected chi connectivity index (χ1v) is 5.40. The molecule has 0 aromatic carbocycles. The molecule has 0 amide bonds. The molecule has 84 valence electrons. The molecule has 17 heavy (non-hydrogen) atoms. The minimum absolute atomic E-state index is 0.638. The number of hydrogen-bond acceptors (Lipinski definition) is 4. The molecule has 0 atom stereocenters. The van der Waals surface area contributed by atoms with E-state index in [0.29, 0.717) is 6.54 Å². The Balaban J connectivity index is 1.75. The molecule has 0 aliphatic carbocycles. The molecule has 0 saturated heterocycles. The molecule has 0 fully saturated rings. The summed E-state index contributed by atoms with van der Waals surface area (Å²) in [6, 6.07) is 3.93. The Morgan fingerprint density at radius 1 is 1.41 bits per heavy atom. The van der Waals surface area contributed by atoms with Gasteiger partial charge in [0.15, 0.2) is 5.82 Å². The van der Waals surface area contributed by atoms with Crippen LogP contribution in [0.4, 0.5) is 5.82 Å². The molecule has 1 aliphatic heterocycles. The van der Waals surface area contributed by atoms with Crippen molar-refractivity contribution in [1.82, 2.24) is 15.0 Å². The number of fused-ring (bicyclic) bond motifs is 1. The predicted octanol–water partition coefficient (Wildman–Crippen LogP) is 1.70. The third kappa shape index (κ3) is 2.13. The molecule has 0 bridgehead atoms. The molecule has 0 radical (unpaired) electrons. The van der Waals surface area contributed by atoms with E-state index < -0.39 is 0 Å². The van der Waals surface area contributed by atoms with E-state index in [-0.39, 0.29) is 0 Å². The van der Waals surface area contributed by atoms with Crippen LogP contribution < -0.4 is 0 Å². The third-order valence-electron chi connectivity index (χ3n) is 2.58. The summed E-state index contributed by atoms with van der Waals surface area (Å²) in [5.41, 5.74) is 3.09. The number of nitrogens with one attached hydrogen (secondary N) is 1. The van der Waals surface area contributed by atoms with Gasteiger partial charge in [0.25, 0.3) is 0 Å². The minimum atomic E-state index is 0.638. The van der Waals surface area contributed by atoms with Gasteiger partial charge in [0.05, 0.1) is 30.5 Å². The van der Waals surface area contributed by atoms with Crippen molar-refractivity contribution in [1.29, 1.82) is 0 Å².